The Kier molecular flexibility index (Phi) is 11.2. The summed E-state index contributed by atoms with van der Waals surface area (Å²) in [6.07, 6.45) is 3.43. The molecule has 0 aliphatic carbocycles. The van der Waals surface area contributed by atoms with E-state index in [0.29, 0.717) is 24.4 Å². The van der Waals surface area contributed by atoms with Crippen LogP contribution in [0.25, 0.3) is 0 Å². The second-order valence-corrected chi connectivity index (χ2v) is 10.8. The Labute approximate surface area is 215 Å². The van der Waals surface area contributed by atoms with Crippen molar-refractivity contribution in [2.75, 3.05) is 30.8 Å². The number of amides is 2. The van der Waals surface area contributed by atoms with Gasteiger partial charge in [0.05, 0.1) is 19.1 Å². The zero-order chi connectivity index (χ0) is 26.7. The van der Waals surface area contributed by atoms with Gasteiger partial charge in [0.15, 0.2) is 0 Å². The molecule has 0 saturated heterocycles. The van der Waals surface area contributed by atoms with Gasteiger partial charge in [-0.15, -0.1) is 0 Å². The number of benzene rings is 2. The van der Waals surface area contributed by atoms with E-state index >= 15 is 0 Å². The van der Waals surface area contributed by atoms with Gasteiger partial charge in [-0.25, -0.2) is 8.42 Å². The molecule has 1 N–H and O–H groups in total. The fraction of sp³-hybridized carbons (Fsp3) is 0.481. The minimum atomic E-state index is -3.52. The van der Waals surface area contributed by atoms with Gasteiger partial charge in [0.25, 0.3) is 0 Å². The first-order valence-electron chi connectivity index (χ1n) is 12.3. The zero-order valence-electron chi connectivity index (χ0n) is 22.0. The fourth-order valence-electron chi connectivity index (χ4n) is 3.87. The SMILES string of the molecule is CCCCNC(=O)[C@@H](C)N(Cc1ccc(OC)cc1)C(=O)CCCN(c1ccccc1C)S(C)(=O)=O. The number of ether oxygens (including phenoxy) is 1. The van der Waals surface area contributed by atoms with Crippen molar-refractivity contribution in [3.05, 3.63) is 59.7 Å². The van der Waals surface area contributed by atoms with Crippen molar-refractivity contribution < 1.29 is 22.7 Å². The summed E-state index contributed by atoms with van der Waals surface area (Å²) in [5.74, 6) is 0.296. The predicted molar refractivity (Wildman–Crippen MR) is 144 cm³/mol. The maximum Gasteiger partial charge on any atom is 0.242 e. The smallest absolute Gasteiger partial charge is 0.242 e. The summed E-state index contributed by atoms with van der Waals surface area (Å²) >= 11 is 0. The monoisotopic (exact) mass is 517 g/mol. The van der Waals surface area contributed by atoms with E-state index in [1.807, 2.05) is 50.2 Å². The van der Waals surface area contributed by atoms with Crippen molar-refractivity contribution >= 4 is 27.5 Å². The molecule has 0 heterocycles. The number of carbonyl (C=O) groups excluding carboxylic acids is 2. The van der Waals surface area contributed by atoms with Gasteiger partial charge in [0, 0.05) is 26.1 Å². The van der Waals surface area contributed by atoms with Crippen molar-refractivity contribution in [2.24, 2.45) is 0 Å². The van der Waals surface area contributed by atoms with Crippen molar-refractivity contribution in [3.8, 4) is 5.75 Å². The van der Waals surface area contributed by atoms with Crippen LogP contribution in [-0.2, 0) is 26.2 Å². The van der Waals surface area contributed by atoms with Crippen LogP contribution in [0, 0.1) is 6.92 Å². The van der Waals surface area contributed by atoms with Gasteiger partial charge in [0.1, 0.15) is 11.8 Å². The van der Waals surface area contributed by atoms with Crippen LogP contribution < -0.4 is 14.4 Å². The summed E-state index contributed by atoms with van der Waals surface area (Å²) in [5.41, 5.74) is 2.31. The van der Waals surface area contributed by atoms with Crippen LogP contribution in [0.15, 0.2) is 48.5 Å². The normalized spacial score (nSPS) is 12.0. The molecule has 2 aromatic carbocycles. The van der Waals surface area contributed by atoms with Gasteiger partial charge >= 0.3 is 0 Å². The Bertz CT molecular complexity index is 1100. The number of nitrogens with zero attached hydrogens (tertiary/aromatic N) is 2. The Hall–Kier alpha value is -3.07. The second-order valence-electron chi connectivity index (χ2n) is 8.92. The molecule has 0 spiro atoms. The molecule has 198 valence electrons. The second kappa shape index (κ2) is 13.9. The molecule has 8 nitrogen and oxygen atoms in total. The average Bonchev–Trinajstić information content (AvgIpc) is 2.85. The van der Waals surface area contributed by atoms with E-state index in [1.165, 1.54) is 10.6 Å². The summed E-state index contributed by atoms with van der Waals surface area (Å²) in [6, 6.07) is 14.0. The zero-order valence-corrected chi connectivity index (χ0v) is 22.8. The Morgan fingerprint density at radius 2 is 1.72 bits per heavy atom. The van der Waals surface area contributed by atoms with Crippen molar-refractivity contribution in [2.45, 2.75) is 59.0 Å². The molecule has 2 rings (SSSR count). The number of unbranched alkanes of at least 4 members (excludes halogenated alkanes) is 1. The number of nitrogens with one attached hydrogen (secondary N) is 1. The van der Waals surface area contributed by atoms with Crippen LogP contribution in [-0.4, -0.2) is 57.6 Å². The first kappa shape index (κ1) is 29.2. The van der Waals surface area contributed by atoms with E-state index in [0.717, 1.165) is 24.0 Å². The molecule has 2 aromatic rings. The molecule has 0 aliphatic heterocycles. The number of anilines is 1. The molecule has 1 atom stereocenters. The number of para-hydroxylation sites is 1. The van der Waals surface area contributed by atoms with Gasteiger partial charge in [-0.3, -0.25) is 13.9 Å². The Morgan fingerprint density at radius 3 is 2.31 bits per heavy atom. The van der Waals surface area contributed by atoms with Crippen LogP contribution in [0.1, 0.15) is 50.7 Å². The van der Waals surface area contributed by atoms with Crippen LogP contribution in [0.2, 0.25) is 0 Å². The largest absolute Gasteiger partial charge is 0.497 e. The van der Waals surface area contributed by atoms with Gasteiger partial charge in [0.2, 0.25) is 21.8 Å². The number of sulfonamides is 1. The minimum Gasteiger partial charge on any atom is -0.497 e. The maximum absolute atomic E-state index is 13.3. The summed E-state index contributed by atoms with van der Waals surface area (Å²) in [6.45, 7) is 6.62. The molecule has 0 saturated carbocycles. The number of hydrogen-bond acceptors (Lipinski definition) is 5. The third kappa shape index (κ3) is 8.55. The summed E-state index contributed by atoms with van der Waals surface area (Å²) in [4.78, 5) is 27.7. The summed E-state index contributed by atoms with van der Waals surface area (Å²) < 4.78 is 31.5. The minimum absolute atomic E-state index is 0.112. The van der Waals surface area contributed by atoms with Crippen LogP contribution >= 0.6 is 0 Å². The molecule has 9 heteroatoms. The average molecular weight is 518 g/mol. The fourth-order valence-corrected chi connectivity index (χ4v) is 4.89. The first-order chi connectivity index (χ1) is 17.1. The van der Waals surface area contributed by atoms with E-state index in [9.17, 15) is 18.0 Å². The lowest BCUT2D eigenvalue weighted by Crippen LogP contribution is -2.48. The van der Waals surface area contributed by atoms with Crippen LogP contribution in [0.5, 0.6) is 5.75 Å². The third-order valence-electron chi connectivity index (χ3n) is 6.05. The van der Waals surface area contributed by atoms with Crippen molar-refractivity contribution in [1.29, 1.82) is 0 Å². The number of carbonyl (C=O) groups is 2. The number of rotatable bonds is 14. The number of methoxy groups -OCH3 is 1. The van der Waals surface area contributed by atoms with Crippen molar-refractivity contribution in [3.63, 3.8) is 0 Å². The van der Waals surface area contributed by atoms with Gasteiger partial charge in [-0.05, 0) is 56.0 Å². The Balaban J connectivity index is 2.16. The van der Waals surface area contributed by atoms with E-state index in [-0.39, 0.29) is 31.3 Å². The molecular weight excluding hydrogens is 478 g/mol. The highest BCUT2D eigenvalue weighted by molar-refractivity contribution is 7.92. The molecular formula is C27H39N3O5S. The van der Waals surface area contributed by atoms with Gasteiger partial charge in [-0.1, -0.05) is 43.7 Å². The lowest BCUT2D eigenvalue weighted by Gasteiger charge is -2.29. The quantitative estimate of drug-likeness (QED) is 0.384. The predicted octanol–water partition coefficient (Wildman–Crippen LogP) is 3.88. The summed E-state index contributed by atoms with van der Waals surface area (Å²) in [7, 11) is -1.94. The lowest BCUT2D eigenvalue weighted by atomic mass is 10.1. The van der Waals surface area contributed by atoms with E-state index < -0.39 is 16.1 Å². The molecule has 0 aliphatic rings. The van der Waals surface area contributed by atoms with Crippen LogP contribution in [0.4, 0.5) is 5.69 Å². The third-order valence-corrected chi connectivity index (χ3v) is 7.23. The molecule has 36 heavy (non-hydrogen) atoms. The number of hydrogen-bond donors (Lipinski definition) is 1. The van der Waals surface area contributed by atoms with Crippen LogP contribution in [0.3, 0.4) is 0 Å². The molecule has 0 fully saturated rings. The van der Waals surface area contributed by atoms with E-state index in [2.05, 4.69) is 5.32 Å². The van der Waals surface area contributed by atoms with Gasteiger partial charge in [-0.2, -0.15) is 0 Å². The highest BCUT2D eigenvalue weighted by atomic mass is 32.2. The highest BCUT2D eigenvalue weighted by Gasteiger charge is 2.26. The standard InChI is InChI=1S/C27H39N3O5S/c1-6-7-18-28-27(32)22(3)29(20-23-14-16-24(35-4)17-15-23)26(31)13-10-19-30(36(5,33)34)25-12-9-8-11-21(25)2/h8-9,11-12,14-17,22H,6-7,10,13,18-20H2,1-5H3,(H,28,32)/t22-/m1/s1. The molecule has 0 unspecified atom stereocenters. The van der Waals surface area contributed by atoms with Crippen molar-refractivity contribution in [1.82, 2.24) is 10.2 Å². The van der Waals surface area contributed by atoms with E-state index in [1.54, 1.807) is 31.1 Å². The lowest BCUT2D eigenvalue weighted by molar-refractivity contribution is -0.140. The molecule has 2 amide bonds. The molecule has 0 radical (unpaired) electrons. The first-order valence-corrected chi connectivity index (χ1v) is 14.2. The summed E-state index contributed by atoms with van der Waals surface area (Å²) in [5, 5.41) is 2.90. The topological polar surface area (TPSA) is 96.0 Å². The maximum atomic E-state index is 13.3. The number of aryl methyl sites for hydroxylation is 1. The Morgan fingerprint density at radius 1 is 1.06 bits per heavy atom. The van der Waals surface area contributed by atoms with E-state index in [4.69, 9.17) is 4.74 Å². The molecule has 0 bridgehead atoms. The van der Waals surface area contributed by atoms with Gasteiger partial charge < -0.3 is 15.0 Å². The highest BCUT2D eigenvalue weighted by Crippen LogP contribution is 2.23. The molecule has 0 aromatic heterocycles.